The summed E-state index contributed by atoms with van der Waals surface area (Å²) in [4.78, 5) is 38.0. The van der Waals surface area contributed by atoms with Gasteiger partial charge >= 0.3 is 5.97 Å². The monoisotopic (exact) mass is 369 g/mol. The Labute approximate surface area is 150 Å². The van der Waals surface area contributed by atoms with Crippen LogP contribution in [0.2, 0.25) is 0 Å². The van der Waals surface area contributed by atoms with E-state index < -0.39 is 18.0 Å². The van der Waals surface area contributed by atoms with Crippen molar-refractivity contribution in [1.82, 2.24) is 15.5 Å². The number of aliphatic hydroxyl groups is 1. The molecule has 8 nitrogen and oxygen atoms in total. The number of nitrogens with zero attached hydrogens (tertiary/aromatic N) is 1. The van der Waals surface area contributed by atoms with Crippen molar-refractivity contribution in [3.63, 3.8) is 0 Å². The second kappa shape index (κ2) is 6.97. The zero-order valence-corrected chi connectivity index (χ0v) is 15.0. The molecule has 0 aromatic carbocycles. The lowest BCUT2D eigenvalue weighted by atomic mass is 9.83. The summed E-state index contributed by atoms with van der Waals surface area (Å²) in [5, 5.41) is 25.2. The minimum atomic E-state index is -1.14. The highest BCUT2D eigenvalue weighted by atomic mass is 32.2. The fraction of sp³-hybridized carbons (Fsp3) is 0.688. The second-order valence-corrected chi connectivity index (χ2v) is 8.03. The lowest BCUT2D eigenvalue weighted by molar-refractivity contribution is -0.161. The van der Waals surface area contributed by atoms with Crippen LogP contribution in [-0.4, -0.2) is 70.4 Å². The summed E-state index contributed by atoms with van der Waals surface area (Å²) in [6.45, 7) is 2.91. The molecule has 0 spiro atoms. The molecule has 3 rings (SSSR count). The fourth-order valence-corrected chi connectivity index (χ4v) is 5.51. The average Bonchev–Trinajstić information content (AvgIpc) is 2.88. The molecular formula is C16H23N3O5S. The van der Waals surface area contributed by atoms with Crippen LogP contribution < -0.4 is 10.6 Å². The van der Waals surface area contributed by atoms with Crippen LogP contribution in [0.3, 0.4) is 0 Å². The van der Waals surface area contributed by atoms with Crippen molar-refractivity contribution in [3.8, 4) is 0 Å². The van der Waals surface area contributed by atoms with E-state index in [1.165, 1.54) is 16.7 Å². The van der Waals surface area contributed by atoms with Crippen LogP contribution in [0.1, 0.15) is 19.8 Å². The number of nitrogens with one attached hydrogen (secondary N) is 2. The zero-order chi connectivity index (χ0) is 18.3. The number of amides is 2. The largest absolute Gasteiger partial charge is 0.477 e. The van der Waals surface area contributed by atoms with E-state index in [1.807, 2.05) is 0 Å². The highest BCUT2D eigenvalue weighted by Gasteiger charge is 2.57. The van der Waals surface area contributed by atoms with Gasteiger partial charge < -0.3 is 25.7 Å². The third kappa shape index (κ3) is 3.04. The smallest absolute Gasteiger partial charge is 0.353 e. The van der Waals surface area contributed by atoms with Crippen molar-refractivity contribution in [1.29, 1.82) is 0 Å². The SMILES string of the molecule is CNC(=O)[C@H]1CCNC[C@H]1SC1=C(C(=O)O)N2C(=O)[C@H]([C@@H](C)O)[C@H]2C1. The Morgan fingerprint density at radius 2 is 2.16 bits per heavy atom. The van der Waals surface area contributed by atoms with E-state index in [9.17, 15) is 24.6 Å². The molecule has 25 heavy (non-hydrogen) atoms. The van der Waals surface area contributed by atoms with Crippen LogP contribution >= 0.6 is 11.8 Å². The average molecular weight is 369 g/mol. The molecule has 0 aromatic rings. The summed E-state index contributed by atoms with van der Waals surface area (Å²) >= 11 is 1.38. The molecule has 2 amide bonds. The topological polar surface area (TPSA) is 119 Å². The molecule has 4 N–H and O–H groups in total. The molecule has 3 aliphatic rings. The van der Waals surface area contributed by atoms with E-state index in [-0.39, 0.29) is 34.7 Å². The number of rotatable bonds is 5. The van der Waals surface area contributed by atoms with Gasteiger partial charge in [0.15, 0.2) is 0 Å². The van der Waals surface area contributed by atoms with Crippen molar-refractivity contribution < 1.29 is 24.6 Å². The van der Waals surface area contributed by atoms with Crippen molar-refractivity contribution in [2.45, 2.75) is 37.2 Å². The van der Waals surface area contributed by atoms with Gasteiger partial charge in [0.2, 0.25) is 11.8 Å². The van der Waals surface area contributed by atoms with Crippen LogP contribution in [-0.2, 0) is 14.4 Å². The number of fused-ring (bicyclic) bond motifs is 1. The van der Waals surface area contributed by atoms with Gasteiger partial charge in [0.1, 0.15) is 5.70 Å². The van der Waals surface area contributed by atoms with Crippen molar-refractivity contribution in [3.05, 3.63) is 10.6 Å². The van der Waals surface area contributed by atoms with Crippen molar-refractivity contribution in [2.24, 2.45) is 11.8 Å². The van der Waals surface area contributed by atoms with Crippen LogP contribution in [0.15, 0.2) is 10.6 Å². The molecular weight excluding hydrogens is 346 g/mol. The zero-order valence-electron chi connectivity index (χ0n) is 14.2. The number of β-lactam (4-membered cyclic amide) rings is 1. The van der Waals surface area contributed by atoms with Gasteiger partial charge in [0, 0.05) is 30.2 Å². The van der Waals surface area contributed by atoms with Crippen LogP contribution in [0, 0.1) is 11.8 Å². The minimum absolute atomic E-state index is 0.0122. The van der Waals surface area contributed by atoms with E-state index in [1.54, 1.807) is 14.0 Å². The molecule has 9 heteroatoms. The molecule has 0 radical (unpaired) electrons. The van der Waals surface area contributed by atoms with Gasteiger partial charge in [0.05, 0.1) is 24.0 Å². The Hall–Kier alpha value is -1.58. The number of carboxylic acid groups (broad SMARTS) is 1. The highest BCUT2D eigenvalue weighted by molar-refractivity contribution is 8.03. The summed E-state index contributed by atoms with van der Waals surface area (Å²) in [5.74, 6) is -2.27. The van der Waals surface area contributed by atoms with Gasteiger partial charge in [-0.2, -0.15) is 0 Å². The molecule has 0 saturated carbocycles. The first-order valence-corrected chi connectivity index (χ1v) is 9.31. The van der Waals surface area contributed by atoms with Gasteiger partial charge in [-0.05, 0) is 19.9 Å². The van der Waals surface area contributed by atoms with Crippen LogP contribution in [0.25, 0.3) is 0 Å². The van der Waals surface area contributed by atoms with E-state index in [0.717, 1.165) is 6.54 Å². The highest BCUT2D eigenvalue weighted by Crippen LogP contribution is 2.48. The Morgan fingerprint density at radius 3 is 2.76 bits per heavy atom. The number of thioether (sulfide) groups is 1. The van der Waals surface area contributed by atoms with Crippen LogP contribution in [0.4, 0.5) is 0 Å². The number of carbonyl (C=O) groups is 3. The third-order valence-electron chi connectivity index (χ3n) is 5.19. The molecule has 2 fully saturated rings. The predicted molar refractivity (Wildman–Crippen MR) is 91.5 cm³/mol. The molecule has 3 heterocycles. The number of carbonyl (C=O) groups excluding carboxylic acids is 2. The van der Waals surface area contributed by atoms with Gasteiger partial charge in [-0.25, -0.2) is 4.79 Å². The summed E-state index contributed by atoms with van der Waals surface area (Å²) < 4.78 is 0. The quantitative estimate of drug-likeness (QED) is 0.476. The summed E-state index contributed by atoms with van der Waals surface area (Å²) in [7, 11) is 1.60. The van der Waals surface area contributed by atoms with Gasteiger partial charge in [-0.3, -0.25) is 9.59 Å². The maximum Gasteiger partial charge on any atom is 0.353 e. The molecule has 5 atom stereocenters. The minimum Gasteiger partial charge on any atom is -0.477 e. The van der Waals surface area contributed by atoms with Gasteiger partial charge in [-0.1, -0.05) is 0 Å². The predicted octanol–water partition coefficient (Wildman–Crippen LogP) is -0.649. The number of hydrogen-bond donors (Lipinski definition) is 4. The van der Waals surface area contributed by atoms with E-state index in [2.05, 4.69) is 10.6 Å². The molecule has 0 aromatic heterocycles. The molecule has 0 aliphatic carbocycles. The number of hydrogen-bond acceptors (Lipinski definition) is 6. The summed E-state index contributed by atoms with van der Waals surface area (Å²) in [6.07, 6.45) is 0.308. The maximum atomic E-state index is 12.2. The number of carboxylic acids is 1. The second-order valence-electron chi connectivity index (χ2n) is 6.69. The Bertz CT molecular complexity index is 635. The first kappa shape index (κ1) is 18.2. The Balaban J connectivity index is 1.82. The standard InChI is InChI=1S/C16H23N3O5S/c1-7(20)12-9-5-10(13(16(23)24)19(9)15(12)22)25-11-6-18-4-3-8(11)14(21)17-2/h7-9,11-12,18,20H,3-6H2,1-2H3,(H,17,21)(H,23,24)/t7-,8+,9-,11-,12-/m1/s1. The van der Waals surface area contributed by atoms with E-state index in [0.29, 0.717) is 24.3 Å². The first-order valence-electron chi connectivity index (χ1n) is 8.43. The molecule has 2 saturated heterocycles. The number of aliphatic hydroxyl groups excluding tert-OH is 1. The maximum absolute atomic E-state index is 12.2. The normalized spacial score (nSPS) is 32.9. The lowest BCUT2D eigenvalue weighted by Crippen LogP contribution is -2.61. The number of piperidine rings is 1. The first-order chi connectivity index (χ1) is 11.9. The third-order valence-corrected chi connectivity index (χ3v) is 6.64. The molecule has 3 aliphatic heterocycles. The van der Waals surface area contributed by atoms with Crippen LogP contribution in [0.5, 0.6) is 0 Å². The lowest BCUT2D eigenvalue weighted by Gasteiger charge is -2.44. The van der Waals surface area contributed by atoms with Crippen molar-refractivity contribution >= 4 is 29.5 Å². The fourth-order valence-electron chi connectivity index (χ4n) is 3.96. The summed E-state index contributed by atoms with van der Waals surface area (Å²) in [6, 6.07) is -0.295. The van der Waals surface area contributed by atoms with E-state index in [4.69, 9.17) is 0 Å². The molecule has 138 valence electrons. The van der Waals surface area contributed by atoms with Gasteiger partial charge in [-0.15, -0.1) is 11.8 Å². The Morgan fingerprint density at radius 1 is 1.44 bits per heavy atom. The van der Waals surface area contributed by atoms with Gasteiger partial charge in [0.25, 0.3) is 0 Å². The number of aliphatic carboxylic acids is 1. The van der Waals surface area contributed by atoms with E-state index >= 15 is 0 Å². The Kier molecular flexibility index (Phi) is 5.08. The van der Waals surface area contributed by atoms with Crippen molar-refractivity contribution in [2.75, 3.05) is 20.1 Å². The molecule has 0 bridgehead atoms. The summed E-state index contributed by atoms with van der Waals surface area (Å²) in [5.41, 5.74) is 0.0122. The molecule has 0 unspecified atom stereocenters.